The van der Waals surface area contributed by atoms with Gasteiger partial charge in [-0.1, -0.05) is 33.1 Å². The number of aliphatic hydroxyl groups is 1. The van der Waals surface area contributed by atoms with Gasteiger partial charge in [0, 0.05) is 25.0 Å². The van der Waals surface area contributed by atoms with E-state index in [1.807, 2.05) is 13.8 Å². The summed E-state index contributed by atoms with van der Waals surface area (Å²) in [6.07, 6.45) is 6.44. The van der Waals surface area contributed by atoms with Crippen LogP contribution in [0.3, 0.4) is 0 Å². The van der Waals surface area contributed by atoms with Crippen LogP contribution >= 0.6 is 0 Å². The van der Waals surface area contributed by atoms with E-state index in [4.69, 9.17) is 0 Å². The lowest BCUT2D eigenvalue weighted by atomic mass is 9.79. The van der Waals surface area contributed by atoms with Gasteiger partial charge in [-0.3, -0.25) is 0 Å². The second-order valence-electron chi connectivity index (χ2n) is 6.94. The van der Waals surface area contributed by atoms with Crippen LogP contribution in [-0.2, 0) is 10.2 Å². The summed E-state index contributed by atoms with van der Waals surface area (Å²) < 4.78 is 29.5. The van der Waals surface area contributed by atoms with Crippen molar-refractivity contribution in [2.75, 3.05) is 13.1 Å². The highest BCUT2D eigenvalue weighted by Crippen LogP contribution is 2.35. The topological polar surface area (TPSA) is 69.6 Å². The summed E-state index contributed by atoms with van der Waals surface area (Å²) in [6, 6.07) is -0.0290. The molecule has 0 aromatic heterocycles. The predicted octanol–water partition coefficient (Wildman–Crippen LogP) is 1.88. The van der Waals surface area contributed by atoms with Gasteiger partial charge in [-0.15, -0.1) is 0 Å². The van der Waals surface area contributed by atoms with E-state index in [-0.39, 0.29) is 18.1 Å². The molecule has 124 valence electrons. The quantitative estimate of drug-likeness (QED) is 0.813. The number of nitrogens with zero attached hydrogens (tertiary/aromatic N) is 1. The Hall–Kier alpha value is -0.170. The minimum absolute atomic E-state index is 0.0290. The maximum absolute atomic E-state index is 12.6. The zero-order chi connectivity index (χ0) is 15.5. The Morgan fingerprint density at radius 3 is 2.48 bits per heavy atom. The molecule has 2 fully saturated rings. The van der Waals surface area contributed by atoms with E-state index in [1.54, 1.807) is 4.31 Å². The van der Waals surface area contributed by atoms with Crippen LogP contribution in [0, 0.1) is 11.8 Å². The summed E-state index contributed by atoms with van der Waals surface area (Å²) in [4.78, 5) is 0. The summed E-state index contributed by atoms with van der Waals surface area (Å²) in [7, 11) is -3.43. The molecule has 5 nitrogen and oxygen atoms in total. The maximum atomic E-state index is 12.6. The number of rotatable bonds is 5. The van der Waals surface area contributed by atoms with Gasteiger partial charge in [0.15, 0.2) is 0 Å². The van der Waals surface area contributed by atoms with Gasteiger partial charge in [0.1, 0.15) is 0 Å². The third-order valence-electron chi connectivity index (χ3n) is 4.76. The summed E-state index contributed by atoms with van der Waals surface area (Å²) >= 11 is 0. The zero-order valence-electron chi connectivity index (χ0n) is 13.3. The number of hydrogen-bond donors (Lipinski definition) is 2. The van der Waals surface area contributed by atoms with Crippen LogP contribution < -0.4 is 4.72 Å². The van der Waals surface area contributed by atoms with Crippen LogP contribution in [0.4, 0.5) is 0 Å². The van der Waals surface area contributed by atoms with Crippen molar-refractivity contribution in [3.8, 4) is 0 Å². The maximum Gasteiger partial charge on any atom is 0.279 e. The lowest BCUT2D eigenvalue weighted by Gasteiger charge is -2.42. The fourth-order valence-corrected chi connectivity index (χ4v) is 5.30. The third kappa shape index (κ3) is 4.41. The molecule has 0 aromatic rings. The van der Waals surface area contributed by atoms with E-state index < -0.39 is 10.2 Å². The van der Waals surface area contributed by atoms with Gasteiger partial charge < -0.3 is 5.11 Å². The molecule has 1 aliphatic carbocycles. The van der Waals surface area contributed by atoms with Crippen molar-refractivity contribution in [3.05, 3.63) is 0 Å². The minimum Gasteiger partial charge on any atom is -0.393 e. The van der Waals surface area contributed by atoms with Crippen molar-refractivity contribution in [1.29, 1.82) is 0 Å². The molecule has 2 aliphatic rings. The molecule has 0 bridgehead atoms. The first-order valence-electron chi connectivity index (χ1n) is 8.36. The summed E-state index contributed by atoms with van der Waals surface area (Å²) in [5.74, 6) is 0.401. The molecule has 6 heteroatoms. The smallest absolute Gasteiger partial charge is 0.279 e. The fraction of sp³-hybridized carbons (Fsp3) is 1.00. The molecular formula is C15H30N2O3S. The highest BCUT2D eigenvalue weighted by molar-refractivity contribution is 7.87. The SMILES string of the molecule is CC(C)CNS(=O)(=O)N1CCCCC1C1CCCCC1O. The molecule has 1 saturated heterocycles. The number of piperidine rings is 1. The Morgan fingerprint density at radius 2 is 1.81 bits per heavy atom. The van der Waals surface area contributed by atoms with Crippen LogP contribution in [-0.4, -0.2) is 43.1 Å². The van der Waals surface area contributed by atoms with E-state index in [9.17, 15) is 13.5 Å². The number of hydrogen-bond acceptors (Lipinski definition) is 3. The lowest BCUT2D eigenvalue weighted by Crippen LogP contribution is -2.54. The summed E-state index contributed by atoms with van der Waals surface area (Å²) in [6.45, 7) is 5.06. The standard InChI is InChI=1S/C15H30N2O3S/c1-12(2)11-16-21(19,20)17-10-6-5-8-14(17)13-7-3-4-9-15(13)18/h12-16,18H,3-11H2,1-2H3. The van der Waals surface area contributed by atoms with Crippen molar-refractivity contribution >= 4 is 10.2 Å². The van der Waals surface area contributed by atoms with Gasteiger partial charge in [0.05, 0.1) is 6.10 Å². The summed E-state index contributed by atoms with van der Waals surface area (Å²) in [5, 5.41) is 10.3. The molecule has 3 atom stereocenters. The largest absolute Gasteiger partial charge is 0.393 e. The van der Waals surface area contributed by atoms with Gasteiger partial charge in [-0.2, -0.15) is 12.7 Å². The van der Waals surface area contributed by atoms with Gasteiger partial charge in [0.2, 0.25) is 0 Å². The van der Waals surface area contributed by atoms with Crippen molar-refractivity contribution < 1.29 is 13.5 Å². The molecule has 0 aromatic carbocycles. The minimum atomic E-state index is -3.43. The highest BCUT2D eigenvalue weighted by Gasteiger charge is 2.40. The average molecular weight is 318 g/mol. The second kappa shape index (κ2) is 7.40. The number of nitrogens with one attached hydrogen (secondary N) is 1. The molecule has 1 saturated carbocycles. The molecule has 21 heavy (non-hydrogen) atoms. The molecule has 1 aliphatic heterocycles. The molecule has 0 radical (unpaired) electrons. The molecule has 2 rings (SSSR count). The van der Waals surface area contributed by atoms with Gasteiger partial charge >= 0.3 is 0 Å². The Bertz CT molecular complexity index is 425. The molecule has 2 N–H and O–H groups in total. The third-order valence-corrected chi connectivity index (χ3v) is 6.36. The molecule has 0 spiro atoms. The van der Waals surface area contributed by atoms with Crippen molar-refractivity contribution in [1.82, 2.24) is 9.03 Å². The van der Waals surface area contributed by atoms with E-state index in [1.165, 1.54) is 0 Å². The van der Waals surface area contributed by atoms with Crippen LogP contribution in [0.5, 0.6) is 0 Å². The molecule has 0 amide bonds. The fourth-order valence-electron chi connectivity index (χ4n) is 3.60. The normalized spacial score (nSPS) is 32.5. The van der Waals surface area contributed by atoms with E-state index in [2.05, 4.69) is 4.72 Å². The van der Waals surface area contributed by atoms with Crippen molar-refractivity contribution in [3.63, 3.8) is 0 Å². The van der Waals surface area contributed by atoms with Crippen LogP contribution in [0.1, 0.15) is 58.8 Å². The van der Waals surface area contributed by atoms with Gasteiger partial charge in [0.25, 0.3) is 10.2 Å². The first-order valence-corrected chi connectivity index (χ1v) is 9.80. The van der Waals surface area contributed by atoms with E-state index >= 15 is 0 Å². The Balaban J connectivity index is 2.10. The van der Waals surface area contributed by atoms with Crippen molar-refractivity contribution in [2.24, 2.45) is 11.8 Å². The average Bonchev–Trinajstić information content (AvgIpc) is 2.46. The second-order valence-corrected chi connectivity index (χ2v) is 8.64. The van der Waals surface area contributed by atoms with Gasteiger partial charge in [-0.25, -0.2) is 4.72 Å². The summed E-state index contributed by atoms with van der Waals surface area (Å²) in [5.41, 5.74) is 0. The first kappa shape index (κ1) is 17.2. The van der Waals surface area contributed by atoms with E-state index in [0.29, 0.717) is 19.0 Å². The predicted molar refractivity (Wildman–Crippen MR) is 84.1 cm³/mol. The Morgan fingerprint density at radius 1 is 1.14 bits per heavy atom. The zero-order valence-corrected chi connectivity index (χ0v) is 14.1. The van der Waals surface area contributed by atoms with Crippen molar-refractivity contribution in [2.45, 2.75) is 70.9 Å². The molecular weight excluding hydrogens is 288 g/mol. The van der Waals surface area contributed by atoms with Crippen LogP contribution in [0.15, 0.2) is 0 Å². The lowest BCUT2D eigenvalue weighted by molar-refractivity contribution is 0.0200. The van der Waals surface area contributed by atoms with Crippen LogP contribution in [0.2, 0.25) is 0 Å². The monoisotopic (exact) mass is 318 g/mol. The first-order chi connectivity index (χ1) is 9.92. The van der Waals surface area contributed by atoms with Crippen LogP contribution in [0.25, 0.3) is 0 Å². The highest BCUT2D eigenvalue weighted by atomic mass is 32.2. The van der Waals surface area contributed by atoms with E-state index in [0.717, 1.165) is 44.9 Å². The van der Waals surface area contributed by atoms with Gasteiger partial charge in [-0.05, 0) is 31.6 Å². The molecule has 3 unspecified atom stereocenters. The number of aliphatic hydroxyl groups excluding tert-OH is 1. The Labute approximate surface area is 129 Å². The molecule has 1 heterocycles. The Kier molecular flexibility index (Phi) is 6.05.